The van der Waals surface area contributed by atoms with Crippen LogP contribution in [0.4, 0.5) is 0 Å². The summed E-state index contributed by atoms with van der Waals surface area (Å²) in [6.45, 7) is 13.9. The van der Waals surface area contributed by atoms with E-state index >= 15 is 0 Å². The Kier molecular flexibility index (Phi) is 7.81. The first kappa shape index (κ1) is 24.5. The van der Waals surface area contributed by atoms with Crippen molar-refractivity contribution in [2.24, 2.45) is 11.3 Å². The molecule has 1 aliphatic rings. The number of fused-ring (bicyclic) bond motifs is 1. The van der Waals surface area contributed by atoms with Gasteiger partial charge in [-0.15, -0.1) is 0 Å². The summed E-state index contributed by atoms with van der Waals surface area (Å²) in [5.74, 6) is 1.54. The molecule has 0 atom stereocenters. The van der Waals surface area contributed by atoms with Gasteiger partial charge in [0.15, 0.2) is 0 Å². The summed E-state index contributed by atoms with van der Waals surface area (Å²) in [7, 11) is 0. The Balaban J connectivity index is 1.48. The number of nitrogens with one attached hydrogen (secondary N) is 1. The lowest BCUT2D eigenvalue weighted by Gasteiger charge is -2.36. The molecule has 1 aliphatic carbocycles. The topological polar surface area (TPSA) is 60.5 Å². The highest BCUT2D eigenvalue weighted by Crippen LogP contribution is 2.38. The zero-order valence-corrected chi connectivity index (χ0v) is 20.7. The van der Waals surface area contributed by atoms with Gasteiger partial charge in [0.05, 0.1) is 23.7 Å². The number of hydrogen-bond acceptors (Lipinski definition) is 5. The fourth-order valence-corrected chi connectivity index (χ4v) is 4.36. The highest BCUT2D eigenvalue weighted by atomic mass is 16.6. The van der Waals surface area contributed by atoms with E-state index < -0.39 is 5.60 Å². The second-order valence-corrected chi connectivity index (χ2v) is 11.1. The second kappa shape index (κ2) is 10.2. The van der Waals surface area contributed by atoms with Crippen LogP contribution in [0.5, 0.6) is 5.75 Å². The molecular formula is C27H40N2O3. The van der Waals surface area contributed by atoms with Gasteiger partial charge in [-0.3, -0.25) is 9.78 Å². The van der Waals surface area contributed by atoms with Gasteiger partial charge in [-0.25, -0.2) is 0 Å². The Morgan fingerprint density at radius 1 is 1.03 bits per heavy atom. The van der Waals surface area contributed by atoms with Crippen molar-refractivity contribution in [3.8, 4) is 5.75 Å². The van der Waals surface area contributed by atoms with Crippen molar-refractivity contribution in [3.05, 3.63) is 36.0 Å². The first-order valence-corrected chi connectivity index (χ1v) is 12.0. The van der Waals surface area contributed by atoms with Gasteiger partial charge in [-0.1, -0.05) is 26.8 Å². The number of pyridine rings is 1. The Labute approximate surface area is 193 Å². The van der Waals surface area contributed by atoms with Crippen molar-refractivity contribution in [1.29, 1.82) is 0 Å². The number of rotatable bonds is 7. The summed E-state index contributed by atoms with van der Waals surface area (Å²) in [6.07, 6.45) is 5.41. The van der Waals surface area contributed by atoms with Gasteiger partial charge < -0.3 is 14.8 Å². The number of ether oxygens (including phenoxy) is 2. The Bertz CT molecular complexity index is 903. The molecule has 3 rings (SSSR count). The highest BCUT2D eigenvalue weighted by Gasteiger charge is 2.30. The average Bonchev–Trinajstić information content (AvgIpc) is 2.70. The number of nitrogens with zero attached hydrogens (tertiary/aromatic N) is 1. The van der Waals surface area contributed by atoms with Gasteiger partial charge in [-0.05, 0) is 82.1 Å². The second-order valence-electron chi connectivity index (χ2n) is 11.1. The molecule has 0 saturated heterocycles. The standard InChI is InChI=1S/C27H40N2O3/c1-26(2,3)20-8-11-22(12-9-20)31-23-13-14-24-19(17-23)7-10-21(29-24)18-28-16-15-25(30)32-27(4,5)6/h7,10,13-14,17,20,22,28H,8-9,11-12,15-16,18H2,1-6H3/t20-,22-. The number of carbonyl (C=O) groups excluding carboxylic acids is 1. The molecule has 176 valence electrons. The molecule has 0 unspecified atom stereocenters. The van der Waals surface area contributed by atoms with Crippen molar-refractivity contribution in [3.63, 3.8) is 0 Å². The molecule has 32 heavy (non-hydrogen) atoms. The number of hydrogen-bond donors (Lipinski definition) is 1. The van der Waals surface area contributed by atoms with E-state index in [4.69, 9.17) is 14.5 Å². The molecule has 0 amide bonds. The average molecular weight is 441 g/mol. The largest absolute Gasteiger partial charge is 0.490 e. The van der Waals surface area contributed by atoms with Crippen molar-refractivity contribution < 1.29 is 14.3 Å². The maximum atomic E-state index is 11.8. The minimum atomic E-state index is -0.439. The van der Waals surface area contributed by atoms with E-state index in [0.717, 1.165) is 41.1 Å². The molecule has 1 N–H and O–H groups in total. The van der Waals surface area contributed by atoms with E-state index in [1.165, 1.54) is 12.8 Å². The zero-order valence-electron chi connectivity index (χ0n) is 20.7. The van der Waals surface area contributed by atoms with Gasteiger partial charge in [0.1, 0.15) is 11.4 Å². The van der Waals surface area contributed by atoms with Gasteiger partial charge in [-0.2, -0.15) is 0 Å². The molecule has 0 spiro atoms. The smallest absolute Gasteiger partial charge is 0.307 e. The van der Waals surface area contributed by atoms with Crippen molar-refractivity contribution in [1.82, 2.24) is 10.3 Å². The van der Waals surface area contributed by atoms with Crippen LogP contribution in [0.1, 0.15) is 79.3 Å². The lowest BCUT2D eigenvalue weighted by atomic mass is 9.72. The number of esters is 1. The summed E-state index contributed by atoms with van der Waals surface area (Å²) < 4.78 is 11.6. The molecule has 1 saturated carbocycles. The third kappa shape index (κ3) is 7.47. The highest BCUT2D eigenvalue weighted by molar-refractivity contribution is 5.80. The normalized spacial score (nSPS) is 19.7. The summed E-state index contributed by atoms with van der Waals surface area (Å²) in [5.41, 5.74) is 1.86. The maximum Gasteiger partial charge on any atom is 0.307 e. The summed E-state index contributed by atoms with van der Waals surface area (Å²) in [4.78, 5) is 16.5. The van der Waals surface area contributed by atoms with Crippen LogP contribution in [0.25, 0.3) is 10.9 Å². The molecular weight excluding hydrogens is 400 g/mol. The fourth-order valence-electron chi connectivity index (χ4n) is 4.36. The zero-order chi connectivity index (χ0) is 23.4. The molecule has 0 bridgehead atoms. The van der Waals surface area contributed by atoms with Crippen LogP contribution in [0.3, 0.4) is 0 Å². The van der Waals surface area contributed by atoms with Gasteiger partial charge in [0.25, 0.3) is 0 Å². The lowest BCUT2D eigenvalue weighted by Crippen LogP contribution is -2.30. The quantitative estimate of drug-likeness (QED) is 0.420. The molecule has 1 aromatic carbocycles. The number of aromatic nitrogens is 1. The first-order valence-electron chi connectivity index (χ1n) is 12.0. The summed E-state index contributed by atoms with van der Waals surface area (Å²) >= 11 is 0. The van der Waals surface area contributed by atoms with Crippen LogP contribution in [-0.2, 0) is 16.1 Å². The van der Waals surface area contributed by atoms with Crippen molar-refractivity contribution >= 4 is 16.9 Å². The number of benzene rings is 1. The van der Waals surface area contributed by atoms with E-state index in [1.807, 2.05) is 39.0 Å². The number of carbonyl (C=O) groups is 1. The molecule has 0 radical (unpaired) electrons. The van der Waals surface area contributed by atoms with E-state index in [1.54, 1.807) is 0 Å². The van der Waals surface area contributed by atoms with E-state index in [-0.39, 0.29) is 5.97 Å². The van der Waals surface area contributed by atoms with E-state index in [0.29, 0.717) is 31.0 Å². The molecule has 1 aromatic heterocycles. The van der Waals surface area contributed by atoms with Gasteiger partial charge in [0.2, 0.25) is 0 Å². The van der Waals surface area contributed by atoms with Crippen molar-refractivity contribution in [2.45, 2.75) is 91.9 Å². The van der Waals surface area contributed by atoms with Crippen LogP contribution in [0.15, 0.2) is 30.3 Å². The molecule has 1 heterocycles. The molecule has 2 aromatic rings. The Morgan fingerprint density at radius 3 is 2.41 bits per heavy atom. The predicted octanol–water partition coefficient (Wildman–Crippen LogP) is 6.04. The van der Waals surface area contributed by atoms with Gasteiger partial charge >= 0.3 is 5.97 Å². The fraction of sp³-hybridized carbons (Fsp3) is 0.630. The van der Waals surface area contributed by atoms with E-state index in [2.05, 4.69) is 38.2 Å². The molecule has 0 aliphatic heterocycles. The SMILES string of the molecule is CC(C)(C)OC(=O)CCNCc1ccc2cc(O[C@H]3CC[C@H](C(C)(C)C)CC3)ccc2n1. The third-order valence-corrected chi connectivity index (χ3v) is 6.15. The van der Waals surface area contributed by atoms with Crippen molar-refractivity contribution in [2.75, 3.05) is 6.54 Å². The van der Waals surface area contributed by atoms with Gasteiger partial charge in [0, 0.05) is 18.5 Å². The van der Waals surface area contributed by atoms with Crippen LogP contribution in [-0.4, -0.2) is 29.2 Å². The summed E-state index contributed by atoms with van der Waals surface area (Å²) in [5, 5.41) is 4.36. The Hall–Kier alpha value is -2.14. The minimum Gasteiger partial charge on any atom is -0.490 e. The molecule has 5 heteroatoms. The monoisotopic (exact) mass is 440 g/mol. The first-order chi connectivity index (χ1) is 15.0. The maximum absolute atomic E-state index is 11.8. The predicted molar refractivity (Wildman–Crippen MR) is 130 cm³/mol. The van der Waals surface area contributed by atoms with Crippen LogP contribution >= 0.6 is 0 Å². The van der Waals surface area contributed by atoms with Crippen LogP contribution in [0, 0.1) is 11.3 Å². The van der Waals surface area contributed by atoms with E-state index in [9.17, 15) is 4.79 Å². The van der Waals surface area contributed by atoms with Crippen LogP contribution in [0.2, 0.25) is 0 Å². The summed E-state index contributed by atoms with van der Waals surface area (Å²) in [6, 6.07) is 10.3. The van der Waals surface area contributed by atoms with Crippen LogP contribution < -0.4 is 10.1 Å². The third-order valence-electron chi connectivity index (χ3n) is 6.15. The lowest BCUT2D eigenvalue weighted by molar-refractivity contribution is -0.154. The molecule has 5 nitrogen and oxygen atoms in total. The Morgan fingerprint density at radius 2 is 1.75 bits per heavy atom. The molecule has 1 fully saturated rings. The minimum absolute atomic E-state index is 0.184.